The zero-order chi connectivity index (χ0) is 16.8. The minimum absolute atomic E-state index is 0.168. The van der Waals surface area contributed by atoms with Gasteiger partial charge in [-0.15, -0.1) is 0 Å². The Morgan fingerprint density at radius 1 is 1.25 bits per heavy atom. The van der Waals surface area contributed by atoms with Crippen LogP contribution in [-0.2, 0) is 11.3 Å². The van der Waals surface area contributed by atoms with Crippen molar-refractivity contribution in [1.82, 2.24) is 15.0 Å². The molecule has 1 amide bonds. The number of benzene rings is 2. The van der Waals surface area contributed by atoms with Crippen LogP contribution in [0.25, 0.3) is 11.0 Å². The predicted octanol–water partition coefficient (Wildman–Crippen LogP) is 2.59. The van der Waals surface area contributed by atoms with Crippen LogP contribution < -0.4 is 10.2 Å². The molecule has 2 aromatic carbocycles. The molecule has 1 aromatic heterocycles. The largest absolute Gasteiger partial charge is 0.494 e. The molecule has 0 aliphatic carbocycles. The maximum atomic E-state index is 12.0. The maximum absolute atomic E-state index is 12.0. The maximum Gasteiger partial charge on any atom is 0.260 e. The second-order valence-electron chi connectivity index (χ2n) is 5.16. The van der Waals surface area contributed by atoms with Crippen LogP contribution in [0.5, 0.6) is 5.75 Å². The Bertz CT molecular complexity index is 853. The molecule has 3 aromatic rings. The van der Waals surface area contributed by atoms with E-state index in [0.717, 1.165) is 22.3 Å². The number of rotatable bonds is 6. The lowest BCUT2D eigenvalue weighted by molar-refractivity contribution is -0.121. The molecule has 1 N–H and O–H groups in total. The fourth-order valence-electron chi connectivity index (χ4n) is 2.32. The van der Waals surface area contributed by atoms with Gasteiger partial charge in [0.15, 0.2) is 0 Å². The van der Waals surface area contributed by atoms with Crippen molar-refractivity contribution >= 4 is 23.2 Å². The summed E-state index contributed by atoms with van der Waals surface area (Å²) in [5.74, 6) is 0.603. The Balaban J connectivity index is 1.57. The van der Waals surface area contributed by atoms with E-state index in [1.807, 2.05) is 55.5 Å². The molecular weight excluding hydrogens is 304 g/mol. The standard InChI is InChI=1S/C18H18N4O2/c1-2-24-15-9-7-14(8-10-15)11-20-21-18(23)12-22-13-19-16-5-3-4-6-17(16)22/h3-11,13H,2,12H2,1H3,(H,21,23)/b20-11-. The number of nitrogens with zero attached hydrogens (tertiary/aromatic N) is 3. The highest BCUT2D eigenvalue weighted by Gasteiger charge is 2.05. The van der Waals surface area contributed by atoms with Gasteiger partial charge in [0.1, 0.15) is 12.3 Å². The number of fused-ring (bicyclic) bond motifs is 1. The fourth-order valence-corrected chi connectivity index (χ4v) is 2.32. The second-order valence-corrected chi connectivity index (χ2v) is 5.16. The van der Waals surface area contributed by atoms with E-state index < -0.39 is 0 Å². The number of amides is 1. The van der Waals surface area contributed by atoms with Gasteiger partial charge in [0.25, 0.3) is 5.91 Å². The van der Waals surface area contributed by atoms with Crippen molar-refractivity contribution in [3.63, 3.8) is 0 Å². The first kappa shape index (κ1) is 15.7. The van der Waals surface area contributed by atoms with Crippen LogP contribution in [0, 0.1) is 0 Å². The van der Waals surface area contributed by atoms with Crippen molar-refractivity contribution < 1.29 is 9.53 Å². The summed E-state index contributed by atoms with van der Waals surface area (Å²) in [5, 5.41) is 3.98. The van der Waals surface area contributed by atoms with Crippen molar-refractivity contribution in [2.75, 3.05) is 6.61 Å². The summed E-state index contributed by atoms with van der Waals surface area (Å²) in [4.78, 5) is 16.2. The summed E-state index contributed by atoms with van der Waals surface area (Å²) in [6, 6.07) is 15.2. The summed E-state index contributed by atoms with van der Waals surface area (Å²) in [5.41, 5.74) is 5.19. The first-order valence-electron chi connectivity index (χ1n) is 7.71. The Morgan fingerprint density at radius 3 is 2.83 bits per heavy atom. The van der Waals surface area contributed by atoms with Gasteiger partial charge in [-0.05, 0) is 48.9 Å². The molecule has 6 nitrogen and oxygen atoms in total. The van der Waals surface area contributed by atoms with Gasteiger partial charge in [-0.2, -0.15) is 5.10 Å². The number of hydrogen-bond donors (Lipinski definition) is 1. The quantitative estimate of drug-likeness (QED) is 0.560. The van der Waals surface area contributed by atoms with Crippen LogP contribution in [0.4, 0.5) is 0 Å². The van der Waals surface area contributed by atoms with Gasteiger partial charge in [-0.1, -0.05) is 12.1 Å². The molecule has 0 fully saturated rings. The van der Waals surface area contributed by atoms with Crippen molar-refractivity contribution in [2.24, 2.45) is 5.10 Å². The molecule has 0 spiro atoms. The smallest absolute Gasteiger partial charge is 0.260 e. The molecule has 24 heavy (non-hydrogen) atoms. The number of carbonyl (C=O) groups excluding carboxylic acids is 1. The summed E-state index contributed by atoms with van der Waals surface area (Å²) >= 11 is 0. The zero-order valence-electron chi connectivity index (χ0n) is 13.3. The van der Waals surface area contributed by atoms with Gasteiger partial charge in [-0.25, -0.2) is 10.4 Å². The minimum Gasteiger partial charge on any atom is -0.494 e. The number of carbonyl (C=O) groups is 1. The Morgan fingerprint density at radius 2 is 2.04 bits per heavy atom. The lowest BCUT2D eigenvalue weighted by Gasteiger charge is -2.03. The first-order chi connectivity index (χ1) is 11.8. The van der Waals surface area contributed by atoms with Crippen LogP contribution in [-0.4, -0.2) is 28.3 Å². The third-order valence-electron chi connectivity index (χ3n) is 3.44. The monoisotopic (exact) mass is 322 g/mol. The summed E-state index contributed by atoms with van der Waals surface area (Å²) in [6.07, 6.45) is 3.25. The van der Waals surface area contributed by atoms with E-state index in [4.69, 9.17) is 4.74 Å². The normalized spacial score (nSPS) is 11.0. The van der Waals surface area contributed by atoms with Gasteiger partial charge in [0, 0.05) is 0 Å². The van der Waals surface area contributed by atoms with Crippen molar-refractivity contribution in [1.29, 1.82) is 0 Å². The predicted molar refractivity (Wildman–Crippen MR) is 93.1 cm³/mol. The highest BCUT2D eigenvalue weighted by Crippen LogP contribution is 2.12. The van der Waals surface area contributed by atoms with Crippen molar-refractivity contribution in [3.8, 4) is 5.75 Å². The number of hydrogen-bond acceptors (Lipinski definition) is 4. The van der Waals surface area contributed by atoms with Crippen LogP contribution in [0.1, 0.15) is 12.5 Å². The SMILES string of the molecule is CCOc1ccc(/C=N\NC(=O)Cn2cnc3ccccc32)cc1. The van der Waals surface area contributed by atoms with Crippen molar-refractivity contribution in [2.45, 2.75) is 13.5 Å². The van der Waals surface area contributed by atoms with Crippen LogP contribution >= 0.6 is 0 Å². The van der Waals surface area contributed by atoms with E-state index in [9.17, 15) is 4.79 Å². The number of imidazole rings is 1. The van der Waals surface area contributed by atoms with E-state index in [2.05, 4.69) is 15.5 Å². The number of ether oxygens (including phenoxy) is 1. The molecule has 0 saturated carbocycles. The topological polar surface area (TPSA) is 68.5 Å². The molecule has 0 aliphatic heterocycles. The zero-order valence-corrected chi connectivity index (χ0v) is 13.3. The van der Waals surface area contributed by atoms with Crippen LogP contribution in [0.3, 0.4) is 0 Å². The molecule has 0 unspecified atom stereocenters. The van der Waals surface area contributed by atoms with Gasteiger partial charge in [0.2, 0.25) is 0 Å². The molecule has 0 bridgehead atoms. The van der Waals surface area contributed by atoms with E-state index in [-0.39, 0.29) is 12.5 Å². The third-order valence-corrected chi connectivity index (χ3v) is 3.44. The van der Waals surface area contributed by atoms with E-state index >= 15 is 0 Å². The molecule has 0 aliphatic rings. The molecule has 6 heteroatoms. The number of hydrazone groups is 1. The average molecular weight is 322 g/mol. The molecule has 3 rings (SSSR count). The second kappa shape index (κ2) is 7.41. The van der Waals surface area contributed by atoms with E-state index in [1.54, 1.807) is 17.1 Å². The van der Waals surface area contributed by atoms with Gasteiger partial charge in [-0.3, -0.25) is 4.79 Å². The molecule has 0 saturated heterocycles. The molecule has 122 valence electrons. The average Bonchev–Trinajstić information content (AvgIpc) is 3.00. The number of para-hydroxylation sites is 2. The third kappa shape index (κ3) is 3.78. The van der Waals surface area contributed by atoms with E-state index in [1.165, 1.54) is 0 Å². The number of nitrogens with one attached hydrogen (secondary N) is 1. The highest BCUT2D eigenvalue weighted by atomic mass is 16.5. The number of aromatic nitrogens is 2. The molecule has 0 atom stereocenters. The van der Waals surface area contributed by atoms with E-state index in [0.29, 0.717) is 6.61 Å². The fraction of sp³-hybridized carbons (Fsp3) is 0.167. The van der Waals surface area contributed by atoms with Crippen LogP contribution in [0.2, 0.25) is 0 Å². The molecule has 1 heterocycles. The van der Waals surface area contributed by atoms with Crippen molar-refractivity contribution in [3.05, 3.63) is 60.4 Å². The Kier molecular flexibility index (Phi) is 4.86. The van der Waals surface area contributed by atoms with Gasteiger partial charge in [0.05, 0.1) is 30.2 Å². The lowest BCUT2D eigenvalue weighted by atomic mass is 10.2. The summed E-state index contributed by atoms with van der Waals surface area (Å²) < 4.78 is 7.16. The molecular formula is C18H18N4O2. The summed E-state index contributed by atoms with van der Waals surface area (Å²) in [6.45, 7) is 2.74. The van der Waals surface area contributed by atoms with Crippen LogP contribution in [0.15, 0.2) is 60.0 Å². The molecule has 0 radical (unpaired) electrons. The van der Waals surface area contributed by atoms with Gasteiger partial charge < -0.3 is 9.30 Å². The highest BCUT2D eigenvalue weighted by molar-refractivity contribution is 5.83. The summed E-state index contributed by atoms with van der Waals surface area (Å²) in [7, 11) is 0. The Hall–Kier alpha value is -3.15. The van der Waals surface area contributed by atoms with Gasteiger partial charge >= 0.3 is 0 Å². The first-order valence-corrected chi connectivity index (χ1v) is 7.71. The lowest BCUT2D eigenvalue weighted by Crippen LogP contribution is -2.22. The minimum atomic E-state index is -0.208. The Labute approximate surface area is 139 Å².